The summed E-state index contributed by atoms with van der Waals surface area (Å²) in [6.45, 7) is 3.72. The van der Waals surface area contributed by atoms with E-state index < -0.39 is 15.8 Å². The number of benzene rings is 1. The maximum Gasteiger partial charge on any atom is 0.245 e. The van der Waals surface area contributed by atoms with E-state index in [2.05, 4.69) is 0 Å². The molecule has 1 aromatic rings. The molecule has 0 heterocycles. The van der Waals surface area contributed by atoms with E-state index in [-0.39, 0.29) is 4.90 Å². The van der Waals surface area contributed by atoms with Gasteiger partial charge >= 0.3 is 0 Å². The molecule has 0 saturated heterocycles. The Hall–Kier alpha value is -0.940. The monoisotopic (exact) mass is 231 g/mol. The molecule has 0 spiro atoms. The highest BCUT2D eigenvalue weighted by molar-refractivity contribution is 7.89. The summed E-state index contributed by atoms with van der Waals surface area (Å²) in [7, 11) is -2.25. The van der Waals surface area contributed by atoms with E-state index in [1.54, 1.807) is 19.9 Å². The maximum atomic E-state index is 13.4. The molecule has 0 fully saturated rings. The second-order valence-electron chi connectivity index (χ2n) is 3.35. The molecule has 84 valence electrons. The van der Waals surface area contributed by atoms with Crippen LogP contribution in [-0.2, 0) is 10.0 Å². The zero-order valence-electron chi connectivity index (χ0n) is 8.99. The van der Waals surface area contributed by atoms with Crippen LogP contribution in [0.5, 0.6) is 0 Å². The summed E-state index contributed by atoms with van der Waals surface area (Å²) in [5.74, 6) is -0.699. The highest BCUT2D eigenvalue weighted by Crippen LogP contribution is 2.18. The molecule has 0 aliphatic carbocycles. The van der Waals surface area contributed by atoms with E-state index in [1.165, 1.54) is 19.2 Å². The summed E-state index contributed by atoms with van der Waals surface area (Å²) in [6, 6.07) is 4.10. The average molecular weight is 231 g/mol. The molecule has 0 atom stereocenters. The Morgan fingerprint density at radius 3 is 2.47 bits per heavy atom. The first-order chi connectivity index (χ1) is 6.89. The topological polar surface area (TPSA) is 37.4 Å². The zero-order valence-corrected chi connectivity index (χ0v) is 9.81. The quantitative estimate of drug-likeness (QED) is 0.795. The van der Waals surface area contributed by atoms with Crippen LogP contribution in [-0.4, -0.2) is 26.3 Å². The predicted molar refractivity (Wildman–Crippen MR) is 56.6 cm³/mol. The molecule has 1 rings (SSSR count). The van der Waals surface area contributed by atoms with Crippen molar-refractivity contribution in [3.8, 4) is 0 Å². The van der Waals surface area contributed by atoms with Crippen LogP contribution in [0.3, 0.4) is 0 Å². The summed E-state index contributed by atoms with van der Waals surface area (Å²) < 4.78 is 38.1. The van der Waals surface area contributed by atoms with Crippen LogP contribution in [0.15, 0.2) is 23.1 Å². The Bertz CT molecular complexity index is 456. The fourth-order valence-corrected chi connectivity index (χ4v) is 2.37. The summed E-state index contributed by atoms with van der Waals surface area (Å²) in [5.41, 5.74) is 0.700. The second-order valence-corrected chi connectivity index (χ2v) is 5.37. The number of rotatable bonds is 3. The van der Waals surface area contributed by atoms with E-state index in [4.69, 9.17) is 0 Å². The van der Waals surface area contributed by atoms with Gasteiger partial charge < -0.3 is 0 Å². The molecule has 0 amide bonds. The largest absolute Gasteiger partial charge is 0.245 e. The Kier molecular flexibility index (Phi) is 3.46. The van der Waals surface area contributed by atoms with Crippen molar-refractivity contribution in [3.05, 3.63) is 29.6 Å². The van der Waals surface area contributed by atoms with Gasteiger partial charge in [-0.3, -0.25) is 0 Å². The lowest BCUT2D eigenvalue weighted by Crippen LogP contribution is -2.27. The standard InChI is InChI=1S/C10H14FNO2S/c1-4-12(3)15(13,14)10-6-5-8(2)7-9(10)11/h5-7H,4H2,1-3H3. The maximum absolute atomic E-state index is 13.4. The van der Waals surface area contributed by atoms with Crippen LogP contribution in [0.2, 0.25) is 0 Å². The second kappa shape index (κ2) is 4.28. The van der Waals surface area contributed by atoms with E-state index in [9.17, 15) is 12.8 Å². The van der Waals surface area contributed by atoms with Crippen LogP contribution < -0.4 is 0 Å². The number of hydrogen-bond acceptors (Lipinski definition) is 2. The molecular formula is C10H14FNO2S. The van der Waals surface area contributed by atoms with Gasteiger partial charge in [0.25, 0.3) is 0 Å². The van der Waals surface area contributed by atoms with Crippen LogP contribution in [0.1, 0.15) is 12.5 Å². The van der Waals surface area contributed by atoms with Gasteiger partial charge in [-0.05, 0) is 24.6 Å². The van der Waals surface area contributed by atoms with Crippen LogP contribution in [0.25, 0.3) is 0 Å². The molecule has 1 aromatic carbocycles. The van der Waals surface area contributed by atoms with Crippen molar-refractivity contribution in [2.24, 2.45) is 0 Å². The third-order valence-electron chi connectivity index (χ3n) is 2.22. The van der Waals surface area contributed by atoms with Gasteiger partial charge in [-0.2, -0.15) is 0 Å². The first-order valence-electron chi connectivity index (χ1n) is 4.62. The highest BCUT2D eigenvalue weighted by Gasteiger charge is 2.22. The van der Waals surface area contributed by atoms with Crippen molar-refractivity contribution >= 4 is 10.0 Å². The number of halogens is 1. The number of sulfonamides is 1. The Morgan fingerprint density at radius 2 is 2.00 bits per heavy atom. The Labute approximate surface area is 89.6 Å². The van der Waals surface area contributed by atoms with Crippen molar-refractivity contribution < 1.29 is 12.8 Å². The fourth-order valence-electron chi connectivity index (χ4n) is 1.15. The molecule has 0 aromatic heterocycles. The number of nitrogens with zero attached hydrogens (tertiary/aromatic N) is 1. The van der Waals surface area contributed by atoms with Gasteiger partial charge in [0.1, 0.15) is 10.7 Å². The van der Waals surface area contributed by atoms with Gasteiger partial charge in [-0.25, -0.2) is 17.1 Å². The third kappa shape index (κ3) is 2.35. The minimum atomic E-state index is -3.68. The minimum Gasteiger partial charge on any atom is -0.207 e. The first kappa shape index (κ1) is 12.1. The summed E-state index contributed by atoms with van der Waals surface area (Å²) >= 11 is 0. The van der Waals surface area contributed by atoms with Crippen molar-refractivity contribution in [2.45, 2.75) is 18.7 Å². The molecule has 0 aliphatic rings. The van der Waals surface area contributed by atoms with E-state index in [0.29, 0.717) is 12.1 Å². The normalized spacial score (nSPS) is 12.1. The van der Waals surface area contributed by atoms with Gasteiger partial charge in [-0.15, -0.1) is 0 Å². The summed E-state index contributed by atoms with van der Waals surface area (Å²) in [4.78, 5) is -0.266. The van der Waals surface area contributed by atoms with Crippen LogP contribution in [0.4, 0.5) is 4.39 Å². The van der Waals surface area contributed by atoms with Crippen molar-refractivity contribution in [1.82, 2.24) is 4.31 Å². The highest BCUT2D eigenvalue weighted by atomic mass is 32.2. The lowest BCUT2D eigenvalue weighted by atomic mass is 10.2. The van der Waals surface area contributed by atoms with Gasteiger partial charge in [0.05, 0.1) is 0 Å². The minimum absolute atomic E-state index is 0.266. The number of hydrogen-bond donors (Lipinski definition) is 0. The molecule has 0 saturated carbocycles. The molecule has 0 aliphatic heterocycles. The third-order valence-corrected chi connectivity index (χ3v) is 4.19. The van der Waals surface area contributed by atoms with Crippen LogP contribution >= 0.6 is 0 Å². The molecule has 3 nitrogen and oxygen atoms in total. The average Bonchev–Trinajstić information content (AvgIpc) is 2.15. The Morgan fingerprint density at radius 1 is 1.40 bits per heavy atom. The molecule has 0 bridgehead atoms. The predicted octanol–water partition coefficient (Wildman–Crippen LogP) is 1.77. The SMILES string of the molecule is CCN(C)S(=O)(=O)c1ccc(C)cc1F. The van der Waals surface area contributed by atoms with Crippen molar-refractivity contribution in [2.75, 3.05) is 13.6 Å². The smallest absolute Gasteiger partial charge is 0.207 e. The zero-order chi connectivity index (χ0) is 11.6. The van der Waals surface area contributed by atoms with Gasteiger partial charge in [0, 0.05) is 13.6 Å². The van der Waals surface area contributed by atoms with Crippen molar-refractivity contribution in [1.29, 1.82) is 0 Å². The molecule has 0 radical (unpaired) electrons. The van der Waals surface area contributed by atoms with E-state index in [0.717, 1.165) is 4.31 Å². The summed E-state index contributed by atoms with van der Waals surface area (Å²) in [5, 5.41) is 0. The number of aryl methyl sites for hydroxylation is 1. The molecule has 0 unspecified atom stereocenters. The Balaban J connectivity index is 3.28. The van der Waals surface area contributed by atoms with Crippen LogP contribution in [0, 0.1) is 12.7 Å². The summed E-state index contributed by atoms with van der Waals surface area (Å²) in [6.07, 6.45) is 0. The lowest BCUT2D eigenvalue weighted by Gasteiger charge is -2.15. The molecule has 15 heavy (non-hydrogen) atoms. The molecular weight excluding hydrogens is 217 g/mol. The van der Waals surface area contributed by atoms with Gasteiger partial charge in [0.2, 0.25) is 10.0 Å². The van der Waals surface area contributed by atoms with E-state index in [1.807, 2.05) is 0 Å². The lowest BCUT2D eigenvalue weighted by molar-refractivity contribution is 0.478. The molecule has 5 heteroatoms. The molecule has 0 N–H and O–H groups in total. The van der Waals surface area contributed by atoms with Gasteiger partial charge in [0.15, 0.2) is 0 Å². The van der Waals surface area contributed by atoms with Crippen molar-refractivity contribution in [3.63, 3.8) is 0 Å². The fraction of sp³-hybridized carbons (Fsp3) is 0.400. The van der Waals surface area contributed by atoms with E-state index >= 15 is 0 Å². The first-order valence-corrected chi connectivity index (χ1v) is 6.06. The van der Waals surface area contributed by atoms with Gasteiger partial charge in [-0.1, -0.05) is 13.0 Å².